The van der Waals surface area contributed by atoms with E-state index in [-0.39, 0.29) is 11.8 Å². The third-order valence-electron chi connectivity index (χ3n) is 2.89. The van der Waals surface area contributed by atoms with Crippen molar-refractivity contribution < 1.29 is 9.59 Å². The summed E-state index contributed by atoms with van der Waals surface area (Å²) in [5.74, 6) is -0.482. The van der Waals surface area contributed by atoms with Crippen molar-refractivity contribution in [2.45, 2.75) is 0 Å². The molecular weight excluding hydrogens is 290 g/mol. The van der Waals surface area contributed by atoms with Crippen LogP contribution in [0.1, 0.15) is 20.7 Å². The van der Waals surface area contributed by atoms with Crippen molar-refractivity contribution in [3.63, 3.8) is 0 Å². The molecule has 0 aliphatic rings. The molecule has 5 nitrogen and oxygen atoms in total. The first kappa shape index (κ1) is 14.9. The highest BCUT2D eigenvalue weighted by Gasteiger charge is 2.09. The maximum atomic E-state index is 12.1. The fourth-order valence-electron chi connectivity index (χ4n) is 1.74. The van der Waals surface area contributed by atoms with Crippen molar-refractivity contribution in [3.05, 3.63) is 58.6 Å². The van der Waals surface area contributed by atoms with E-state index in [0.717, 1.165) is 0 Å². The number of rotatable bonds is 3. The van der Waals surface area contributed by atoms with Crippen LogP contribution in [0.3, 0.4) is 0 Å². The van der Waals surface area contributed by atoms with Gasteiger partial charge < -0.3 is 16.4 Å². The van der Waals surface area contributed by atoms with Crippen LogP contribution in [-0.2, 0) is 0 Å². The zero-order valence-electron chi connectivity index (χ0n) is 11.3. The Morgan fingerprint density at radius 1 is 1.00 bits per heavy atom. The summed E-state index contributed by atoms with van der Waals surface area (Å²) in [5, 5.41) is 5.65. The molecule has 0 saturated heterocycles. The van der Waals surface area contributed by atoms with Crippen LogP contribution in [0.25, 0.3) is 0 Å². The topological polar surface area (TPSA) is 84.2 Å². The van der Waals surface area contributed by atoms with Gasteiger partial charge in [-0.05, 0) is 42.5 Å². The monoisotopic (exact) mass is 303 g/mol. The molecule has 2 amide bonds. The number of carbonyl (C=O) groups is 2. The van der Waals surface area contributed by atoms with E-state index in [1.807, 2.05) is 0 Å². The number of nitrogen functional groups attached to an aromatic ring is 1. The minimum Gasteiger partial charge on any atom is -0.398 e. The van der Waals surface area contributed by atoms with Crippen LogP contribution in [-0.4, -0.2) is 18.9 Å². The molecule has 2 aromatic carbocycles. The number of anilines is 2. The first-order valence-electron chi connectivity index (χ1n) is 6.20. The van der Waals surface area contributed by atoms with Crippen molar-refractivity contribution in [3.8, 4) is 0 Å². The van der Waals surface area contributed by atoms with Crippen LogP contribution in [0.2, 0.25) is 5.02 Å². The molecule has 0 saturated carbocycles. The predicted molar refractivity (Wildman–Crippen MR) is 83.6 cm³/mol. The van der Waals surface area contributed by atoms with Crippen LogP contribution in [0, 0.1) is 0 Å². The average Bonchev–Trinajstić information content (AvgIpc) is 2.50. The summed E-state index contributed by atoms with van der Waals surface area (Å²) < 4.78 is 0. The van der Waals surface area contributed by atoms with Gasteiger partial charge in [0.1, 0.15) is 0 Å². The summed E-state index contributed by atoms with van der Waals surface area (Å²) in [6.07, 6.45) is 0. The molecule has 0 heterocycles. The Morgan fingerprint density at radius 2 is 1.62 bits per heavy atom. The SMILES string of the molecule is CNC(=O)c1ccc(NC(=O)c2ccc(Cl)c(N)c2)cc1. The van der Waals surface area contributed by atoms with E-state index in [0.29, 0.717) is 27.5 Å². The number of halogens is 1. The molecule has 0 bridgehead atoms. The fourth-order valence-corrected chi connectivity index (χ4v) is 1.86. The molecule has 0 aliphatic heterocycles. The van der Waals surface area contributed by atoms with Crippen molar-refractivity contribution >= 4 is 34.8 Å². The standard InChI is InChI=1S/C15H14ClN3O2/c1-18-14(20)9-2-5-11(6-3-9)19-15(21)10-4-7-12(16)13(17)8-10/h2-8H,17H2,1H3,(H,18,20)(H,19,21). The second-order valence-electron chi connectivity index (χ2n) is 4.35. The summed E-state index contributed by atoms with van der Waals surface area (Å²) in [6, 6.07) is 11.2. The van der Waals surface area contributed by atoms with Gasteiger partial charge in [-0.2, -0.15) is 0 Å². The van der Waals surface area contributed by atoms with Gasteiger partial charge >= 0.3 is 0 Å². The highest BCUT2D eigenvalue weighted by atomic mass is 35.5. The van der Waals surface area contributed by atoms with Crippen LogP contribution in [0.5, 0.6) is 0 Å². The molecule has 0 aromatic heterocycles. The molecule has 6 heteroatoms. The van der Waals surface area contributed by atoms with E-state index in [1.54, 1.807) is 43.4 Å². The minimum atomic E-state index is -0.300. The molecule has 0 fully saturated rings. The van der Waals surface area contributed by atoms with Gasteiger partial charge in [-0.25, -0.2) is 0 Å². The molecular formula is C15H14ClN3O2. The number of carbonyl (C=O) groups excluding carboxylic acids is 2. The Bertz CT molecular complexity index is 684. The van der Waals surface area contributed by atoms with E-state index in [9.17, 15) is 9.59 Å². The normalized spacial score (nSPS) is 10.0. The van der Waals surface area contributed by atoms with Gasteiger partial charge in [0, 0.05) is 23.9 Å². The molecule has 0 unspecified atom stereocenters. The number of hydrogen-bond donors (Lipinski definition) is 3. The molecule has 2 rings (SSSR count). The lowest BCUT2D eigenvalue weighted by Crippen LogP contribution is -2.18. The lowest BCUT2D eigenvalue weighted by molar-refractivity contribution is 0.0962. The van der Waals surface area contributed by atoms with Gasteiger partial charge in [0.05, 0.1) is 10.7 Å². The summed E-state index contributed by atoms with van der Waals surface area (Å²) in [5.41, 5.74) is 7.52. The largest absolute Gasteiger partial charge is 0.398 e. The van der Waals surface area contributed by atoms with Crippen molar-refractivity contribution in [1.82, 2.24) is 5.32 Å². The maximum Gasteiger partial charge on any atom is 0.255 e. The second kappa shape index (κ2) is 6.28. The van der Waals surface area contributed by atoms with E-state index in [4.69, 9.17) is 17.3 Å². The molecule has 2 aromatic rings. The summed E-state index contributed by atoms with van der Waals surface area (Å²) in [4.78, 5) is 23.5. The van der Waals surface area contributed by atoms with Gasteiger partial charge in [0.25, 0.3) is 11.8 Å². The molecule has 4 N–H and O–H groups in total. The third-order valence-corrected chi connectivity index (χ3v) is 3.23. The lowest BCUT2D eigenvalue weighted by atomic mass is 10.1. The Balaban J connectivity index is 2.12. The average molecular weight is 304 g/mol. The molecule has 0 radical (unpaired) electrons. The smallest absolute Gasteiger partial charge is 0.255 e. The van der Waals surface area contributed by atoms with E-state index < -0.39 is 0 Å². The lowest BCUT2D eigenvalue weighted by Gasteiger charge is -2.07. The van der Waals surface area contributed by atoms with Crippen molar-refractivity contribution in [2.24, 2.45) is 0 Å². The summed E-state index contributed by atoms with van der Waals surface area (Å²) >= 11 is 5.81. The zero-order chi connectivity index (χ0) is 15.4. The van der Waals surface area contributed by atoms with Crippen molar-refractivity contribution in [1.29, 1.82) is 0 Å². The first-order valence-corrected chi connectivity index (χ1v) is 6.57. The van der Waals surface area contributed by atoms with Gasteiger partial charge in [-0.15, -0.1) is 0 Å². The Labute approximate surface area is 127 Å². The molecule has 21 heavy (non-hydrogen) atoms. The number of amides is 2. The van der Waals surface area contributed by atoms with Gasteiger partial charge in [0.2, 0.25) is 0 Å². The Morgan fingerprint density at radius 3 is 2.19 bits per heavy atom. The second-order valence-corrected chi connectivity index (χ2v) is 4.75. The zero-order valence-corrected chi connectivity index (χ0v) is 12.1. The third kappa shape index (κ3) is 3.52. The Kier molecular flexibility index (Phi) is 4.45. The molecule has 0 atom stereocenters. The van der Waals surface area contributed by atoms with Crippen LogP contribution >= 0.6 is 11.6 Å². The van der Waals surface area contributed by atoms with Gasteiger partial charge in [0.15, 0.2) is 0 Å². The number of benzene rings is 2. The van der Waals surface area contributed by atoms with E-state index in [1.165, 1.54) is 6.07 Å². The van der Waals surface area contributed by atoms with E-state index >= 15 is 0 Å². The summed E-state index contributed by atoms with van der Waals surface area (Å²) in [6.45, 7) is 0. The fraction of sp³-hybridized carbons (Fsp3) is 0.0667. The first-order chi connectivity index (χ1) is 10.0. The number of hydrogen-bond acceptors (Lipinski definition) is 3. The maximum absolute atomic E-state index is 12.1. The molecule has 0 aliphatic carbocycles. The van der Waals surface area contributed by atoms with Crippen LogP contribution < -0.4 is 16.4 Å². The summed E-state index contributed by atoms with van der Waals surface area (Å²) in [7, 11) is 1.56. The predicted octanol–water partition coefficient (Wildman–Crippen LogP) is 2.53. The van der Waals surface area contributed by atoms with Gasteiger partial charge in [-0.1, -0.05) is 11.6 Å². The highest BCUT2D eigenvalue weighted by molar-refractivity contribution is 6.33. The quantitative estimate of drug-likeness (QED) is 0.762. The van der Waals surface area contributed by atoms with Crippen LogP contribution in [0.15, 0.2) is 42.5 Å². The van der Waals surface area contributed by atoms with E-state index in [2.05, 4.69) is 10.6 Å². The minimum absolute atomic E-state index is 0.182. The van der Waals surface area contributed by atoms with Gasteiger partial charge in [-0.3, -0.25) is 9.59 Å². The number of nitrogens with one attached hydrogen (secondary N) is 2. The van der Waals surface area contributed by atoms with Crippen LogP contribution in [0.4, 0.5) is 11.4 Å². The highest BCUT2D eigenvalue weighted by Crippen LogP contribution is 2.20. The number of nitrogens with two attached hydrogens (primary N) is 1. The Hall–Kier alpha value is -2.53. The van der Waals surface area contributed by atoms with Crippen molar-refractivity contribution in [2.75, 3.05) is 18.1 Å². The molecule has 0 spiro atoms. The molecule has 108 valence electrons.